The minimum Gasteiger partial charge on any atom is -0.506 e. The molecule has 0 bridgehead atoms. The molecule has 8 heteroatoms. The van der Waals surface area contributed by atoms with E-state index in [2.05, 4.69) is 26.1 Å². The number of carboxylic acid groups (broad SMARTS) is 1. The van der Waals surface area contributed by atoms with Crippen molar-refractivity contribution in [1.29, 1.82) is 0 Å². The number of carbonyl (C=O) groups is 1. The van der Waals surface area contributed by atoms with E-state index in [0.29, 0.717) is 41.2 Å². The second-order valence-corrected chi connectivity index (χ2v) is 5.29. The molecule has 3 N–H and O–H groups in total. The van der Waals surface area contributed by atoms with Crippen molar-refractivity contribution < 1.29 is 24.5 Å². The number of aromatic amines is 1. The van der Waals surface area contributed by atoms with Gasteiger partial charge in [-0.1, -0.05) is 0 Å². The highest BCUT2D eigenvalue weighted by Gasteiger charge is 2.24. The Bertz CT molecular complexity index is 713. The number of nitrogens with one attached hydrogen (secondary N) is 1. The average Bonchev–Trinajstić information content (AvgIpc) is 2.82. The summed E-state index contributed by atoms with van der Waals surface area (Å²) < 4.78 is 11.6. The maximum absolute atomic E-state index is 10.9. The summed E-state index contributed by atoms with van der Waals surface area (Å²) in [5.41, 5.74) is 0.491. The summed E-state index contributed by atoms with van der Waals surface area (Å²) in [4.78, 5) is 10.9. The van der Waals surface area contributed by atoms with Gasteiger partial charge in [0.2, 0.25) is 0 Å². The maximum atomic E-state index is 10.9. The lowest BCUT2D eigenvalue weighted by atomic mass is 10.1. The Balaban J connectivity index is 2.19. The maximum Gasteiger partial charge on any atom is 0.353 e. The normalized spacial score (nSPS) is 13.8. The molecule has 7 nitrogen and oxygen atoms in total. The second kappa shape index (κ2) is 5.28. The van der Waals surface area contributed by atoms with Gasteiger partial charge in [0.1, 0.15) is 17.1 Å². The van der Waals surface area contributed by atoms with Crippen molar-refractivity contribution in [2.75, 3.05) is 13.2 Å². The number of ether oxygens (including phenoxy) is 2. The van der Waals surface area contributed by atoms with Crippen LogP contribution < -0.4 is 9.47 Å². The van der Waals surface area contributed by atoms with Crippen LogP contribution in [0.1, 0.15) is 16.9 Å². The third kappa shape index (κ3) is 2.42. The van der Waals surface area contributed by atoms with Crippen molar-refractivity contribution in [3.05, 3.63) is 22.3 Å². The number of benzene rings is 1. The fourth-order valence-electron chi connectivity index (χ4n) is 2.06. The number of phenolic OH excluding ortho intramolecular Hbond substituents is 1. The van der Waals surface area contributed by atoms with E-state index in [9.17, 15) is 9.90 Å². The predicted octanol–water partition coefficient (Wildman–Crippen LogP) is 2.40. The topological polar surface area (TPSA) is 105 Å². The molecular weight excluding hydrogens is 344 g/mol. The molecule has 21 heavy (non-hydrogen) atoms. The molecule has 2 heterocycles. The fraction of sp³-hybridized carbons (Fsp3) is 0.231. The molecule has 110 valence electrons. The predicted molar refractivity (Wildman–Crippen MR) is 76.0 cm³/mol. The molecule has 0 atom stereocenters. The van der Waals surface area contributed by atoms with Gasteiger partial charge in [0.15, 0.2) is 11.5 Å². The zero-order chi connectivity index (χ0) is 15.0. The van der Waals surface area contributed by atoms with Gasteiger partial charge in [0, 0.05) is 12.5 Å². The third-order valence-electron chi connectivity index (χ3n) is 3.03. The van der Waals surface area contributed by atoms with E-state index in [0.717, 1.165) is 0 Å². The molecule has 0 radical (unpaired) electrons. The lowest BCUT2D eigenvalue weighted by molar-refractivity contribution is 0.0690. The Hall–Kier alpha value is -2.22. The summed E-state index contributed by atoms with van der Waals surface area (Å²) in [7, 11) is 0. The number of rotatable bonds is 2. The van der Waals surface area contributed by atoms with Crippen molar-refractivity contribution in [2.45, 2.75) is 6.42 Å². The smallest absolute Gasteiger partial charge is 0.353 e. The Morgan fingerprint density at radius 3 is 2.81 bits per heavy atom. The number of fused-ring (bicyclic) bond motifs is 1. The van der Waals surface area contributed by atoms with Crippen LogP contribution in [0.25, 0.3) is 11.3 Å². The van der Waals surface area contributed by atoms with Gasteiger partial charge in [-0.25, -0.2) is 4.79 Å². The van der Waals surface area contributed by atoms with Crippen LogP contribution in [-0.4, -0.2) is 39.6 Å². The molecule has 1 aromatic carbocycles. The summed E-state index contributed by atoms with van der Waals surface area (Å²) in [6.45, 7) is 0.946. The van der Waals surface area contributed by atoms with E-state index >= 15 is 0 Å². The van der Waals surface area contributed by atoms with E-state index in [1.165, 1.54) is 6.07 Å². The van der Waals surface area contributed by atoms with Crippen LogP contribution in [0.5, 0.6) is 17.2 Å². The number of aromatic nitrogens is 2. The number of phenols is 1. The molecule has 0 spiro atoms. The van der Waals surface area contributed by atoms with Gasteiger partial charge >= 0.3 is 5.97 Å². The van der Waals surface area contributed by atoms with Crippen molar-refractivity contribution in [3.8, 4) is 28.5 Å². The molecule has 0 unspecified atom stereocenters. The molecule has 1 aliphatic rings. The minimum absolute atomic E-state index is 0.0762. The van der Waals surface area contributed by atoms with E-state index in [4.69, 9.17) is 14.6 Å². The highest BCUT2D eigenvalue weighted by molar-refractivity contribution is 9.10. The quantitative estimate of drug-likeness (QED) is 0.764. The Morgan fingerprint density at radius 2 is 2.10 bits per heavy atom. The summed E-state index contributed by atoms with van der Waals surface area (Å²) >= 11 is 3.24. The van der Waals surface area contributed by atoms with E-state index < -0.39 is 5.97 Å². The Kier molecular flexibility index (Phi) is 3.46. The van der Waals surface area contributed by atoms with Gasteiger partial charge in [0.05, 0.1) is 23.2 Å². The monoisotopic (exact) mass is 354 g/mol. The molecule has 0 amide bonds. The van der Waals surface area contributed by atoms with Crippen LogP contribution in [0.2, 0.25) is 0 Å². The highest BCUT2D eigenvalue weighted by atomic mass is 79.9. The van der Waals surface area contributed by atoms with Crippen molar-refractivity contribution >= 4 is 21.9 Å². The molecule has 0 fully saturated rings. The van der Waals surface area contributed by atoms with Crippen molar-refractivity contribution in [3.63, 3.8) is 0 Å². The first-order valence-corrected chi connectivity index (χ1v) is 6.97. The van der Waals surface area contributed by atoms with Gasteiger partial charge in [0.25, 0.3) is 0 Å². The lowest BCUT2D eigenvalue weighted by Gasteiger charge is -2.14. The number of halogens is 1. The largest absolute Gasteiger partial charge is 0.506 e. The van der Waals surface area contributed by atoms with Crippen LogP contribution in [0, 0.1) is 0 Å². The van der Waals surface area contributed by atoms with Gasteiger partial charge in [-0.05, 0) is 22.0 Å². The van der Waals surface area contributed by atoms with Gasteiger partial charge in [-0.2, -0.15) is 5.10 Å². The SMILES string of the molecule is O=C(O)c1cc(-c2c(O)c(Br)cc3c2OCCCO3)n[nH]1. The zero-order valence-electron chi connectivity index (χ0n) is 10.7. The number of hydrogen-bond acceptors (Lipinski definition) is 5. The molecule has 1 aliphatic heterocycles. The van der Waals surface area contributed by atoms with Gasteiger partial charge in [-0.3, -0.25) is 5.10 Å². The standard InChI is InChI=1S/C13H11BrN2O5/c14-6-4-9-12(21-3-1-2-20-9)10(11(6)17)7-5-8(13(18)19)16-15-7/h4-5,17H,1-3H2,(H,15,16)(H,18,19). The molecule has 2 aromatic rings. The van der Waals surface area contributed by atoms with E-state index in [1.54, 1.807) is 6.07 Å². The van der Waals surface area contributed by atoms with Crippen LogP contribution >= 0.6 is 15.9 Å². The zero-order valence-corrected chi connectivity index (χ0v) is 12.3. The molecule has 3 rings (SSSR count). The molecular formula is C13H11BrN2O5. The molecule has 0 saturated carbocycles. The summed E-state index contributed by atoms with van der Waals surface area (Å²) in [5, 5.41) is 25.5. The van der Waals surface area contributed by atoms with Crippen molar-refractivity contribution in [2.24, 2.45) is 0 Å². The van der Waals surface area contributed by atoms with E-state index in [1.807, 2.05) is 0 Å². The first-order chi connectivity index (χ1) is 10.1. The summed E-state index contributed by atoms with van der Waals surface area (Å²) in [6, 6.07) is 2.95. The van der Waals surface area contributed by atoms with Crippen LogP contribution in [0.4, 0.5) is 0 Å². The number of hydrogen-bond donors (Lipinski definition) is 3. The number of carboxylic acids is 1. The van der Waals surface area contributed by atoms with E-state index in [-0.39, 0.29) is 17.1 Å². The first-order valence-electron chi connectivity index (χ1n) is 6.18. The third-order valence-corrected chi connectivity index (χ3v) is 3.63. The Morgan fingerprint density at radius 1 is 1.33 bits per heavy atom. The number of nitrogens with zero attached hydrogens (tertiary/aromatic N) is 1. The van der Waals surface area contributed by atoms with Crippen molar-refractivity contribution in [1.82, 2.24) is 10.2 Å². The number of aromatic carboxylic acids is 1. The molecule has 0 saturated heterocycles. The highest BCUT2D eigenvalue weighted by Crippen LogP contribution is 2.48. The number of H-pyrrole nitrogens is 1. The minimum atomic E-state index is -1.13. The second-order valence-electron chi connectivity index (χ2n) is 4.43. The van der Waals surface area contributed by atoms with Crippen LogP contribution in [0.3, 0.4) is 0 Å². The average molecular weight is 355 g/mol. The number of aromatic hydroxyl groups is 1. The van der Waals surface area contributed by atoms with Gasteiger partial charge in [-0.15, -0.1) is 0 Å². The van der Waals surface area contributed by atoms with Gasteiger partial charge < -0.3 is 19.7 Å². The summed E-state index contributed by atoms with van der Waals surface area (Å²) in [6.07, 6.45) is 0.716. The summed E-state index contributed by atoms with van der Waals surface area (Å²) in [5.74, 6) is -0.377. The Labute approximate surface area is 127 Å². The van der Waals surface area contributed by atoms with Crippen LogP contribution in [0.15, 0.2) is 16.6 Å². The molecule has 1 aromatic heterocycles. The molecule has 0 aliphatic carbocycles. The first kappa shape index (κ1) is 13.7. The van der Waals surface area contributed by atoms with Crippen LogP contribution in [-0.2, 0) is 0 Å². The lowest BCUT2D eigenvalue weighted by Crippen LogP contribution is -1.98. The fourth-order valence-corrected chi connectivity index (χ4v) is 2.47.